The molecule has 0 unspecified atom stereocenters. The van der Waals surface area contributed by atoms with Crippen molar-refractivity contribution in [2.24, 2.45) is 0 Å². The Kier molecular flexibility index (Phi) is 4.50. The van der Waals surface area contributed by atoms with Gasteiger partial charge >= 0.3 is 0 Å². The van der Waals surface area contributed by atoms with Crippen molar-refractivity contribution >= 4 is 6.29 Å². The van der Waals surface area contributed by atoms with Crippen molar-refractivity contribution in [1.29, 1.82) is 0 Å². The summed E-state index contributed by atoms with van der Waals surface area (Å²) in [6.45, 7) is 1.21. The van der Waals surface area contributed by atoms with Gasteiger partial charge in [-0.3, -0.25) is 10.2 Å². The Morgan fingerprint density at radius 3 is 2.62 bits per heavy atom. The van der Waals surface area contributed by atoms with Crippen LogP contribution < -0.4 is 5.32 Å². The number of nitrogens with zero attached hydrogens (tertiary/aromatic N) is 1. The molecule has 0 fully saturated rings. The third kappa shape index (κ3) is 5.59. The summed E-state index contributed by atoms with van der Waals surface area (Å²) in [5.74, 6) is 0. The molecule has 0 atom stereocenters. The van der Waals surface area contributed by atoms with Crippen LogP contribution in [-0.4, -0.2) is 38.5 Å². The molecule has 1 N–H and O–H groups in total. The van der Waals surface area contributed by atoms with Gasteiger partial charge in [-0.15, -0.1) is 0 Å². The highest BCUT2D eigenvalue weighted by Crippen LogP contribution is 1.63. The van der Waals surface area contributed by atoms with Crippen LogP contribution in [0, 0.1) is 0 Å². The Hall–Kier alpha value is -0.410. The summed E-state index contributed by atoms with van der Waals surface area (Å²) >= 11 is 0. The molecule has 0 saturated heterocycles. The number of hydrogen-bond acceptors (Lipinski definition) is 3. The largest absolute Gasteiger partial charge is 0.302 e. The number of nitrogens with one attached hydrogen (secondary N) is 1. The van der Waals surface area contributed by atoms with Crippen molar-refractivity contribution in [1.82, 2.24) is 10.2 Å². The van der Waals surface area contributed by atoms with Crippen LogP contribution in [0.15, 0.2) is 0 Å². The molecular formula is C5H12N2O. The second kappa shape index (κ2) is 4.74. The van der Waals surface area contributed by atoms with Gasteiger partial charge in [0.25, 0.3) is 0 Å². The molecule has 0 heterocycles. The summed E-state index contributed by atoms with van der Waals surface area (Å²) in [5.41, 5.74) is 0. The molecule has 0 aliphatic heterocycles. The van der Waals surface area contributed by atoms with Crippen molar-refractivity contribution in [2.45, 2.75) is 0 Å². The lowest BCUT2D eigenvalue weighted by Gasteiger charge is -2.07. The summed E-state index contributed by atoms with van der Waals surface area (Å²) in [5, 5.41) is 2.89. The fourth-order valence-corrected chi connectivity index (χ4v) is 0.347. The molecule has 0 bridgehead atoms. The molecule has 0 spiro atoms. The Morgan fingerprint density at radius 1 is 1.62 bits per heavy atom. The van der Waals surface area contributed by atoms with E-state index in [4.69, 9.17) is 0 Å². The number of hydrogen-bond donors (Lipinski definition) is 1. The molecule has 0 aliphatic rings. The highest BCUT2D eigenvalue weighted by atomic mass is 16.1. The molecular weight excluding hydrogens is 104 g/mol. The van der Waals surface area contributed by atoms with Gasteiger partial charge in [0.15, 0.2) is 0 Å². The number of carbonyl (C=O) groups is 1. The summed E-state index contributed by atoms with van der Waals surface area (Å²) < 4.78 is 0. The van der Waals surface area contributed by atoms with Gasteiger partial charge in [-0.25, -0.2) is 0 Å². The minimum Gasteiger partial charge on any atom is -0.302 e. The van der Waals surface area contributed by atoms with Crippen molar-refractivity contribution in [2.75, 3.05) is 27.3 Å². The Morgan fingerprint density at radius 2 is 2.25 bits per heavy atom. The van der Waals surface area contributed by atoms with E-state index in [2.05, 4.69) is 5.32 Å². The maximum Gasteiger partial charge on any atom is 0.133 e. The number of carbonyl (C=O) groups excluding carboxylic acids is 1. The summed E-state index contributed by atoms with van der Waals surface area (Å²) in [6.07, 6.45) is 0.851. The van der Waals surface area contributed by atoms with Crippen LogP contribution in [0.1, 0.15) is 0 Å². The second-order valence-electron chi connectivity index (χ2n) is 1.86. The van der Waals surface area contributed by atoms with E-state index in [0.717, 1.165) is 13.0 Å². The molecule has 0 aliphatic carbocycles. The monoisotopic (exact) mass is 116 g/mol. The van der Waals surface area contributed by atoms with E-state index in [1.54, 1.807) is 0 Å². The highest BCUT2D eigenvalue weighted by Gasteiger charge is 1.83. The van der Waals surface area contributed by atoms with E-state index in [9.17, 15) is 4.79 Å². The van der Waals surface area contributed by atoms with E-state index in [1.807, 2.05) is 19.0 Å². The molecule has 0 radical (unpaired) electrons. The summed E-state index contributed by atoms with van der Waals surface area (Å²) in [6, 6.07) is 0. The summed E-state index contributed by atoms with van der Waals surface area (Å²) in [7, 11) is 3.88. The third-order valence-corrected chi connectivity index (χ3v) is 0.656. The van der Waals surface area contributed by atoms with E-state index < -0.39 is 0 Å². The average molecular weight is 116 g/mol. The molecule has 48 valence electrons. The maximum absolute atomic E-state index is 9.71. The molecule has 3 nitrogen and oxygen atoms in total. The minimum atomic E-state index is 0.443. The van der Waals surface area contributed by atoms with Gasteiger partial charge in [-0.1, -0.05) is 0 Å². The van der Waals surface area contributed by atoms with Gasteiger partial charge in [-0.2, -0.15) is 0 Å². The van der Waals surface area contributed by atoms with Crippen LogP contribution in [-0.2, 0) is 4.79 Å². The topological polar surface area (TPSA) is 32.3 Å². The lowest BCUT2D eigenvalue weighted by atomic mass is 10.7. The quantitative estimate of drug-likeness (QED) is 0.299. The van der Waals surface area contributed by atoms with Gasteiger partial charge in [-0.05, 0) is 14.1 Å². The third-order valence-electron chi connectivity index (χ3n) is 0.656. The normalized spacial score (nSPS) is 9.88. The van der Waals surface area contributed by atoms with Crippen LogP contribution in [0.25, 0.3) is 0 Å². The van der Waals surface area contributed by atoms with Crippen LogP contribution in [0.2, 0.25) is 0 Å². The predicted octanol–water partition coefficient (Wildman–Crippen LogP) is -0.706. The second-order valence-corrected chi connectivity index (χ2v) is 1.86. The van der Waals surface area contributed by atoms with Gasteiger partial charge in [0.05, 0.1) is 6.54 Å². The first-order valence-corrected chi connectivity index (χ1v) is 2.56. The highest BCUT2D eigenvalue weighted by molar-refractivity contribution is 5.51. The number of aldehydes is 1. The van der Waals surface area contributed by atoms with Crippen LogP contribution >= 0.6 is 0 Å². The molecule has 0 amide bonds. The number of rotatable bonds is 4. The first-order chi connectivity index (χ1) is 3.77. The first-order valence-electron chi connectivity index (χ1n) is 2.56. The van der Waals surface area contributed by atoms with Gasteiger partial charge in [0.2, 0.25) is 0 Å². The van der Waals surface area contributed by atoms with Gasteiger partial charge < -0.3 is 4.79 Å². The lowest BCUT2D eigenvalue weighted by Crippen LogP contribution is -2.29. The zero-order valence-electron chi connectivity index (χ0n) is 5.35. The SMILES string of the molecule is CN(C)CNCC=O. The predicted molar refractivity (Wildman–Crippen MR) is 32.6 cm³/mol. The minimum absolute atomic E-state index is 0.443. The zero-order valence-corrected chi connectivity index (χ0v) is 5.35. The zero-order chi connectivity index (χ0) is 6.41. The van der Waals surface area contributed by atoms with E-state index >= 15 is 0 Å². The van der Waals surface area contributed by atoms with Gasteiger partial charge in [0, 0.05) is 6.67 Å². The molecule has 8 heavy (non-hydrogen) atoms. The van der Waals surface area contributed by atoms with Crippen molar-refractivity contribution in [3.05, 3.63) is 0 Å². The van der Waals surface area contributed by atoms with E-state index in [0.29, 0.717) is 6.54 Å². The standard InChI is InChI=1S/C5H12N2O/c1-7(2)5-6-3-4-8/h4,6H,3,5H2,1-2H3. The maximum atomic E-state index is 9.71. The van der Waals surface area contributed by atoms with Crippen LogP contribution in [0.4, 0.5) is 0 Å². The van der Waals surface area contributed by atoms with Crippen molar-refractivity contribution in [3.8, 4) is 0 Å². The van der Waals surface area contributed by atoms with Crippen LogP contribution in [0.5, 0.6) is 0 Å². The Bertz CT molecular complexity index is 63.4. The van der Waals surface area contributed by atoms with Crippen molar-refractivity contribution in [3.63, 3.8) is 0 Å². The lowest BCUT2D eigenvalue weighted by molar-refractivity contribution is -0.107. The van der Waals surface area contributed by atoms with Crippen molar-refractivity contribution < 1.29 is 4.79 Å². The first kappa shape index (κ1) is 7.59. The molecule has 0 aromatic heterocycles. The smallest absolute Gasteiger partial charge is 0.133 e. The molecule has 3 heteroatoms. The fourth-order valence-electron chi connectivity index (χ4n) is 0.347. The van der Waals surface area contributed by atoms with Gasteiger partial charge in [0.1, 0.15) is 6.29 Å². The fraction of sp³-hybridized carbons (Fsp3) is 0.800. The molecule has 0 aromatic rings. The average Bonchev–Trinajstić information content (AvgIpc) is 1.66. The Balaban J connectivity index is 2.81. The van der Waals surface area contributed by atoms with Crippen LogP contribution in [0.3, 0.4) is 0 Å². The van der Waals surface area contributed by atoms with E-state index in [-0.39, 0.29) is 0 Å². The molecule has 0 saturated carbocycles. The van der Waals surface area contributed by atoms with E-state index in [1.165, 1.54) is 0 Å². The Labute approximate surface area is 49.7 Å². The molecule has 0 rings (SSSR count). The molecule has 0 aromatic carbocycles. The summed E-state index contributed by atoms with van der Waals surface area (Å²) in [4.78, 5) is 11.7.